The average molecular weight is 352 g/mol. The van der Waals surface area contributed by atoms with Crippen molar-refractivity contribution in [3.8, 4) is 17.7 Å². The lowest BCUT2D eigenvalue weighted by Crippen LogP contribution is -2.39. The van der Waals surface area contributed by atoms with Crippen molar-refractivity contribution in [1.82, 2.24) is 10.2 Å². The van der Waals surface area contributed by atoms with Gasteiger partial charge in [-0.15, -0.1) is 13.2 Å². The SMILES string of the molecule is CC1(C)C=C(N2CCN=C2NC#N)c2cc(OC(F)(F)F)ccc2O1. The van der Waals surface area contributed by atoms with Crippen LogP contribution in [0.5, 0.6) is 11.5 Å². The number of aliphatic imine (C=N–C) groups is 1. The number of hydrogen-bond donors (Lipinski definition) is 1. The molecule has 0 aliphatic carbocycles. The molecule has 1 aromatic carbocycles. The quantitative estimate of drug-likeness (QED) is 0.655. The predicted octanol–water partition coefficient (Wildman–Crippen LogP) is 2.84. The number of nitrogens with zero attached hydrogens (tertiary/aromatic N) is 3. The van der Waals surface area contributed by atoms with Gasteiger partial charge in [0.25, 0.3) is 0 Å². The first-order valence-electron chi connectivity index (χ1n) is 7.48. The molecule has 1 N–H and O–H groups in total. The minimum absolute atomic E-state index is 0.341. The first-order valence-corrected chi connectivity index (χ1v) is 7.48. The van der Waals surface area contributed by atoms with Crippen molar-refractivity contribution in [1.29, 1.82) is 5.26 Å². The Hall–Kier alpha value is -2.89. The van der Waals surface area contributed by atoms with E-state index in [2.05, 4.69) is 15.0 Å². The normalized spacial score (nSPS) is 18.5. The van der Waals surface area contributed by atoms with Crippen LogP contribution < -0.4 is 14.8 Å². The molecule has 0 radical (unpaired) electrons. The van der Waals surface area contributed by atoms with E-state index < -0.39 is 12.0 Å². The molecule has 2 aliphatic rings. The van der Waals surface area contributed by atoms with Crippen LogP contribution in [0.3, 0.4) is 0 Å². The predicted molar refractivity (Wildman–Crippen MR) is 83.6 cm³/mol. The molecule has 0 atom stereocenters. The van der Waals surface area contributed by atoms with Crippen molar-refractivity contribution >= 4 is 11.7 Å². The Balaban J connectivity index is 2.03. The number of guanidine groups is 1. The molecule has 25 heavy (non-hydrogen) atoms. The third kappa shape index (κ3) is 3.63. The number of ether oxygens (including phenoxy) is 2. The lowest BCUT2D eigenvalue weighted by molar-refractivity contribution is -0.274. The zero-order valence-corrected chi connectivity index (χ0v) is 13.5. The molecule has 0 unspecified atom stereocenters. The number of hydrogen-bond acceptors (Lipinski definition) is 6. The minimum atomic E-state index is -4.78. The van der Waals surface area contributed by atoms with Gasteiger partial charge in [-0.1, -0.05) is 0 Å². The van der Waals surface area contributed by atoms with Gasteiger partial charge in [0.1, 0.15) is 17.1 Å². The van der Waals surface area contributed by atoms with Gasteiger partial charge in [0.15, 0.2) is 6.19 Å². The Bertz CT molecular complexity index is 794. The van der Waals surface area contributed by atoms with Crippen LogP contribution in [-0.2, 0) is 0 Å². The molecule has 0 saturated heterocycles. The van der Waals surface area contributed by atoms with Crippen LogP contribution in [0.15, 0.2) is 29.3 Å². The summed E-state index contributed by atoms with van der Waals surface area (Å²) in [7, 11) is 0. The number of fused-ring (bicyclic) bond motifs is 1. The second-order valence-electron chi connectivity index (χ2n) is 6.03. The van der Waals surface area contributed by atoms with Gasteiger partial charge in [-0.2, -0.15) is 5.26 Å². The molecule has 2 aliphatic heterocycles. The number of halogens is 3. The van der Waals surface area contributed by atoms with E-state index in [9.17, 15) is 13.2 Å². The monoisotopic (exact) mass is 352 g/mol. The fourth-order valence-electron chi connectivity index (χ4n) is 2.78. The van der Waals surface area contributed by atoms with Gasteiger partial charge < -0.3 is 14.4 Å². The van der Waals surface area contributed by atoms with Crippen molar-refractivity contribution < 1.29 is 22.6 Å². The van der Waals surface area contributed by atoms with Crippen LogP contribution in [0.1, 0.15) is 19.4 Å². The van der Waals surface area contributed by atoms with Crippen molar-refractivity contribution in [2.75, 3.05) is 13.1 Å². The maximum atomic E-state index is 12.5. The highest BCUT2D eigenvalue weighted by molar-refractivity contribution is 5.93. The first-order chi connectivity index (χ1) is 11.7. The van der Waals surface area contributed by atoms with Crippen LogP contribution >= 0.6 is 0 Å². The summed E-state index contributed by atoms with van der Waals surface area (Å²) in [5.74, 6) is 0.436. The second-order valence-corrected chi connectivity index (χ2v) is 6.03. The Kier molecular flexibility index (Phi) is 3.99. The van der Waals surface area contributed by atoms with E-state index in [0.717, 1.165) is 0 Å². The number of nitriles is 1. The molecule has 0 saturated carbocycles. The molecule has 0 fully saturated rings. The van der Waals surface area contributed by atoms with Crippen molar-refractivity contribution in [3.63, 3.8) is 0 Å². The zero-order valence-electron chi connectivity index (χ0n) is 13.5. The third-order valence-electron chi connectivity index (χ3n) is 3.62. The Morgan fingerprint density at radius 1 is 1.40 bits per heavy atom. The van der Waals surface area contributed by atoms with Crippen molar-refractivity contribution in [2.45, 2.75) is 25.8 Å². The number of alkyl halides is 3. The largest absolute Gasteiger partial charge is 0.573 e. The highest BCUT2D eigenvalue weighted by Gasteiger charge is 2.35. The van der Waals surface area contributed by atoms with Gasteiger partial charge in [-0.05, 0) is 38.1 Å². The molecule has 9 heteroatoms. The number of nitrogens with one attached hydrogen (secondary N) is 1. The van der Waals surface area contributed by atoms with E-state index in [-0.39, 0.29) is 5.75 Å². The van der Waals surface area contributed by atoms with Crippen molar-refractivity contribution in [2.24, 2.45) is 4.99 Å². The number of benzene rings is 1. The summed E-state index contributed by atoms with van der Waals surface area (Å²) < 4.78 is 47.4. The second kappa shape index (κ2) is 5.88. The third-order valence-corrected chi connectivity index (χ3v) is 3.62. The fraction of sp³-hybridized carbons (Fsp3) is 0.375. The molecule has 0 bridgehead atoms. The topological polar surface area (TPSA) is 69.9 Å². The summed E-state index contributed by atoms with van der Waals surface area (Å²) >= 11 is 0. The van der Waals surface area contributed by atoms with Crippen LogP contribution in [0.4, 0.5) is 13.2 Å². The molecule has 0 aromatic heterocycles. The molecular weight excluding hydrogens is 337 g/mol. The molecule has 132 valence electrons. The van der Waals surface area contributed by atoms with E-state index in [1.807, 2.05) is 20.0 Å². The van der Waals surface area contributed by atoms with Gasteiger partial charge in [-0.3, -0.25) is 10.3 Å². The Morgan fingerprint density at radius 3 is 2.84 bits per heavy atom. The highest BCUT2D eigenvalue weighted by Crippen LogP contribution is 2.40. The van der Waals surface area contributed by atoms with E-state index in [1.54, 1.807) is 11.0 Å². The van der Waals surface area contributed by atoms with E-state index >= 15 is 0 Å². The van der Waals surface area contributed by atoms with Crippen molar-refractivity contribution in [3.05, 3.63) is 29.8 Å². The van der Waals surface area contributed by atoms with Gasteiger partial charge in [0, 0.05) is 12.1 Å². The summed E-state index contributed by atoms with van der Waals surface area (Å²) in [6.07, 6.45) is -1.19. The molecule has 0 amide bonds. The molecular formula is C16H15F3N4O2. The summed E-state index contributed by atoms with van der Waals surface area (Å²) in [5.41, 5.74) is 0.378. The highest BCUT2D eigenvalue weighted by atomic mass is 19.4. The van der Waals surface area contributed by atoms with E-state index in [4.69, 9.17) is 10.00 Å². The molecule has 3 rings (SSSR count). The maximum absolute atomic E-state index is 12.5. The van der Waals surface area contributed by atoms with E-state index in [0.29, 0.717) is 36.1 Å². The molecule has 1 aromatic rings. The Morgan fingerprint density at radius 2 is 2.16 bits per heavy atom. The summed E-state index contributed by atoms with van der Waals surface area (Å²) in [5, 5.41) is 11.3. The van der Waals surface area contributed by atoms with E-state index in [1.165, 1.54) is 18.2 Å². The fourth-order valence-corrected chi connectivity index (χ4v) is 2.78. The van der Waals surface area contributed by atoms with Crippen LogP contribution in [-0.4, -0.2) is 35.9 Å². The minimum Gasteiger partial charge on any atom is -0.483 e. The van der Waals surface area contributed by atoms with Crippen LogP contribution in [0, 0.1) is 11.5 Å². The van der Waals surface area contributed by atoms with Crippen LogP contribution in [0.25, 0.3) is 5.70 Å². The zero-order chi connectivity index (χ0) is 18.2. The van der Waals surface area contributed by atoms with Gasteiger partial charge in [-0.25, -0.2) is 0 Å². The Labute approximate surface area is 142 Å². The standard InChI is InChI=1S/C16H15F3N4O2/c1-15(2)8-12(23-6-5-21-14(23)22-9-20)11-7-10(24-16(17,18)19)3-4-13(11)25-15/h3-4,7-8H,5-6H2,1-2H3,(H,21,22). The van der Waals surface area contributed by atoms with Gasteiger partial charge in [0.2, 0.25) is 5.96 Å². The lowest BCUT2D eigenvalue weighted by Gasteiger charge is -2.35. The summed E-state index contributed by atoms with van der Waals surface area (Å²) in [6.45, 7) is 4.63. The van der Waals surface area contributed by atoms with Gasteiger partial charge >= 0.3 is 6.36 Å². The van der Waals surface area contributed by atoms with Crippen LogP contribution in [0.2, 0.25) is 0 Å². The number of rotatable bonds is 2. The summed E-state index contributed by atoms with van der Waals surface area (Å²) in [4.78, 5) is 5.94. The molecule has 2 heterocycles. The molecule has 6 nitrogen and oxygen atoms in total. The average Bonchev–Trinajstić information content (AvgIpc) is 2.93. The lowest BCUT2D eigenvalue weighted by atomic mass is 9.98. The first kappa shape index (κ1) is 17.0. The maximum Gasteiger partial charge on any atom is 0.573 e. The molecule has 0 spiro atoms. The van der Waals surface area contributed by atoms with Gasteiger partial charge in [0.05, 0.1) is 12.2 Å². The smallest absolute Gasteiger partial charge is 0.483 e. The summed E-state index contributed by atoms with van der Waals surface area (Å²) in [6, 6.07) is 3.92.